The van der Waals surface area contributed by atoms with Crippen LogP contribution in [0.4, 0.5) is 0 Å². The van der Waals surface area contributed by atoms with Crippen LogP contribution < -0.4 is 5.32 Å². The van der Waals surface area contributed by atoms with Crippen molar-refractivity contribution in [2.45, 2.75) is 37.6 Å². The first-order valence-corrected chi connectivity index (χ1v) is 9.48. The van der Waals surface area contributed by atoms with Crippen molar-refractivity contribution in [1.29, 1.82) is 0 Å². The van der Waals surface area contributed by atoms with Gasteiger partial charge in [0.05, 0.1) is 0 Å². The van der Waals surface area contributed by atoms with Gasteiger partial charge >= 0.3 is 0 Å². The van der Waals surface area contributed by atoms with Gasteiger partial charge in [-0.15, -0.1) is 11.8 Å². The molecule has 3 nitrogen and oxygen atoms in total. The molecule has 2 aliphatic rings. The number of hydrogen-bond donors (Lipinski definition) is 1. The number of hydrogen-bond acceptors (Lipinski definition) is 2. The van der Waals surface area contributed by atoms with E-state index in [-0.39, 0.29) is 0 Å². The Morgan fingerprint density at radius 1 is 1.36 bits per heavy atom. The number of nitrogens with zero attached hydrogens (tertiary/aromatic N) is 2. The van der Waals surface area contributed by atoms with Gasteiger partial charge in [0, 0.05) is 36.3 Å². The van der Waals surface area contributed by atoms with Gasteiger partial charge in [0.15, 0.2) is 5.96 Å². The molecule has 1 heterocycles. The van der Waals surface area contributed by atoms with Crippen LogP contribution in [0.3, 0.4) is 0 Å². The van der Waals surface area contributed by atoms with E-state index in [1.807, 2.05) is 11.8 Å². The molecule has 0 amide bonds. The SMILES string of the molecule is CCN=C(NC1CC1C)N1CCC(CSc2ccccc2)C1. The third-order valence-corrected chi connectivity index (χ3v) is 5.79. The Hall–Kier alpha value is -1.16. The first-order chi connectivity index (χ1) is 10.8. The average Bonchev–Trinajstić information content (AvgIpc) is 3.04. The molecule has 4 heteroatoms. The van der Waals surface area contributed by atoms with E-state index in [4.69, 9.17) is 4.99 Å². The molecule has 1 aliphatic carbocycles. The van der Waals surface area contributed by atoms with Gasteiger partial charge in [-0.1, -0.05) is 25.1 Å². The van der Waals surface area contributed by atoms with Crippen molar-refractivity contribution in [1.82, 2.24) is 10.2 Å². The topological polar surface area (TPSA) is 27.6 Å². The fourth-order valence-electron chi connectivity index (χ4n) is 2.97. The van der Waals surface area contributed by atoms with Crippen molar-refractivity contribution in [3.63, 3.8) is 0 Å². The molecule has 0 aromatic heterocycles. The number of aliphatic imine (C=N–C) groups is 1. The summed E-state index contributed by atoms with van der Waals surface area (Å²) in [6.45, 7) is 7.59. The number of likely N-dealkylation sites (tertiary alicyclic amines) is 1. The van der Waals surface area contributed by atoms with E-state index >= 15 is 0 Å². The van der Waals surface area contributed by atoms with Crippen LogP contribution in [-0.4, -0.2) is 42.3 Å². The minimum atomic E-state index is 0.656. The smallest absolute Gasteiger partial charge is 0.194 e. The van der Waals surface area contributed by atoms with E-state index in [2.05, 4.69) is 54.4 Å². The largest absolute Gasteiger partial charge is 0.353 e. The predicted molar refractivity (Wildman–Crippen MR) is 95.5 cm³/mol. The first-order valence-electron chi connectivity index (χ1n) is 8.50. The molecular formula is C18H27N3S. The molecule has 3 unspecified atom stereocenters. The van der Waals surface area contributed by atoms with Gasteiger partial charge in [-0.05, 0) is 43.7 Å². The summed E-state index contributed by atoms with van der Waals surface area (Å²) in [7, 11) is 0. The van der Waals surface area contributed by atoms with Crippen LogP contribution in [0.5, 0.6) is 0 Å². The summed E-state index contributed by atoms with van der Waals surface area (Å²) in [4.78, 5) is 8.54. The van der Waals surface area contributed by atoms with Crippen LogP contribution in [0, 0.1) is 11.8 Å². The van der Waals surface area contributed by atoms with E-state index in [1.165, 1.54) is 23.5 Å². The molecule has 1 saturated carbocycles. The maximum Gasteiger partial charge on any atom is 0.194 e. The van der Waals surface area contributed by atoms with Gasteiger partial charge in [0.2, 0.25) is 0 Å². The summed E-state index contributed by atoms with van der Waals surface area (Å²) < 4.78 is 0. The third-order valence-electron chi connectivity index (χ3n) is 4.55. The van der Waals surface area contributed by atoms with E-state index in [1.54, 1.807) is 0 Å². The Bertz CT molecular complexity index is 502. The molecule has 2 fully saturated rings. The van der Waals surface area contributed by atoms with Crippen molar-refractivity contribution in [2.75, 3.05) is 25.4 Å². The molecule has 3 atom stereocenters. The Labute approximate surface area is 138 Å². The normalized spacial score (nSPS) is 28.0. The highest BCUT2D eigenvalue weighted by Gasteiger charge is 2.35. The number of rotatable bonds is 5. The van der Waals surface area contributed by atoms with Crippen molar-refractivity contribution >= 4 is 17.7 Å². The van der Waals surface area contributed by atoms with E-state index < -0.39 is 0 Å². The zero-order valence-corrected chi connectivity index (χ0v) is 14.5. The second-order valence-corrected chi connectivity index (χ2v) is 7.58. The highest BCUT2D eigenvalue weighted by molar-refractivity contribution is 7.99. The van der Waals surface area contributed by atoms with Gasteiger partial charge in [-0.25, -0.2) is 0 Å². The first kappa shape index (κ1) is 15.7. The highest BCUT2D eigenvalue weighted by atomic mass is 32.2. The van der Waals surface area contributed by atoms with Gasteiger partial charge < -0.3 is 10.2 Å². The maximum atomic E-state index is 4.70. The number of benzene rings is 1. The number of thioether (sulfide) groups is 1. The molecular weight excluding hydrogens is 290 g/mol. The van der Waals surface area contributed by atoms with Crippen molar-refractivity contribution in [3.05, 3.63) is 30.3 Å². The standard InChI is InChI=1S/C18H27N3S/c1-3-19-18(20-17-11-14(17)2)21-10-9-15(12-21)13-22-16-7-5-4-6-8-16/h4-8,14-15,17H,3,9-13H2,1-2H3,(H,19,20). The van der Waals surface area contributed by atoms with E-state index in [0.29, 0.717) is 6.04 Å². The fraction of sp³-hybridized carbons (Fsp3) is 0.611. The van der Waals surface area contributed by atoms with Gasteiger partial charge in [0.25, 0.3) is 0 Å². The highest BCUT2D eigenvalue weighted by Crippen LogP contribution is 2.30. The lowest BCUT2D eigenvalue weighted by Crippen LogP contribution is -2.41. The molecule has 1 N–H and O–H groups in total. The van der Waals surface area contributed by atoms with Crippen LogP contribution >= 0.6 is 11.8 Å². The molecule has 0 radical (unpaired) electrons. The molecule has 120 valence electrons. The van der Waals surface area contributed by atoms with Crippen LogP contribution in [0.25, 0.3) is 0 Å². The van der Waals surface area contributed by atoms with E-state index in [9.17, 15) is 0 Å². The van der Waals surface area contributed by atoms with Crippen LogP contribution in [-0.2, 0) is 0 Å². The van der Waals surface area contributed by atoms with Crippen molar-refractivity contribution < 1.29 is 0 Å². The lowest BCUT2D eigenvalue weighted by atomic mass is 10.2. The zero-order chi connectivity index (χ0) is 15.4. The Morgan fingerprint density at radius 3 is 2.82 bits per heavy atom. The zero-order valence-electron chi connectivity index (χ0n) is 13.7. The maximum absolute atomic E-state index is 4.70. The average molecular weight is 318 g/mol. The number of nitrogens with one attached hydrogen (secondary N) is 1. The quantitative estimate of drug-likeness (QED) is 0.512. The summed E-state index contributed by atoms with van der Waals surface area (Å²) in [5.41, 5.74) is 0. The molecule has 0 spiro atoms. The van der Waals surface area contributed by atoms with Gasteiger partial charge in [0.1, 0.15) is 0 Å². The lowest BCUT2D eigenvalue weighted by Gasteiger charge is -2.22. The second kappa shape index (κ2) is 7.40. The van der Waals surface area contributed by atoms with E-state index in [0.717, 1.165) is 37.4 Å². The second-order valence-electron chi connectivity index (χ2n) is 6.49. The predicted octanol–water partition coefficient (Wildman–Crippen LogP) is 3.47. The Morgan fingerprint density at radius 2 is 2.14 bits per heavy atom. The number of guanidine groups is 1. The molecule has 0 bridgehead atoms. The molecule has 1 aliphatic heterocycles. The van der Waals surface area contributed by atoms with Crippen LogP contribution in [0.15, 0.2) is 40.2 Å². The van der Waals surface area contributed by atoms with Gasteiger partial charge in [-0.3, -0.25) is 4.99 Å². The van der Waals surface area contributed by atoms with Gasteiger partial charge in [-0.2, -0.15) is 0 Å². The summed E-state index contributed by atoms with van der Waals surface area (Å²) in [5.74, 6) is 3.93. The molecule has 1 aromatic rings. The molecule has 3 rings (SSSR count). The summed E-state index contributed by atoms with van der Waals surface area (Å²) in [6, 6.07) is 11.4. The molecule has 1 saturated heterocycles. The van der Waals surface area contributed by atoms with Crippen LogP contribution in [0.1, 0.15) is 26.7 Å². The summed E-state index contributed by atoms with van der Waals surface area (Å²) >= 11 is 1.98. The third kappa shape index (κ3) is 4.19. The van der Waals surface area contributed by atoms with Crippen LogP contribution in [0.2, 0.25) is 0 Å². The van der Waals surface area contributed by atoms with Crippen molar-refractivity contribution in [3.8, 4) is 0 Å². The Kier molecular flexibility index (Phi) is 5.29. The minimum Gasteiger partial charge on any atom is -0.353 e. The molecule has 22 heavy (non-hydrogen) atoms. The monoisotopic (exact) mass is 317 g/mol. The minimum absolute atomic E-state index is 0.656. The summed E-state index contributed by atoms with van der Waals surface area (Å²) in [5, 5.41) is 3.65. The molecule has 1 aromatic carbocycles. The summed E-state index contributed by atoms with van der Waals surface area (Å²) in [6.07, 6.45) is 2.58. The van der Waals surface area contributed by atoms with Crippen molar-refractivity contribution in [2.24, 2.45) is 16.8 Å². The Balaban J connectivity index is 1.49. The lowest BCUT2D eigenvalue weighted by molar-refractivity contribution is 0.471. The fourth-order valence-corrected chi connectivity index (χ4v) is 4.02.